The Bertz CT molecular complexity index is 376. The average molecular weight is 318 g/mol. The van der Waals surface area contributed by atoms with Gasteiger partial charge >= 0.3 is 0 Å². The minimum atomic E-state index is 0.867. The van der Waals surface area contributed by atoms with Crippen molar-refractivity contribution in [2.45, 2.75) is 13.5 Å². The van der Waals surface area contributed by atoms with Crippen LogP contribution in [0.3, 0.4) is 0 Å². The molecule has 0 radical (unpaired) electrons. The van der Waals surface area contributed by atoms with Gasteiger partial charge in [0.25, 0.3) is 0 Å². The Hall–Kier alpha value is -0.0900. The summed E-state index contributed by atoms with van der Waals surface area (Å²) in [5.41, 5.74) is 1.21. The molecule has 2 rings (SSSR count). The summed E-state index contributed by atoms with van der Waals surface area (Å²) in [7, 11) is 0. The number of likely N-dealkylation sites (N-methyl/N-ethyl adjacent to an activating group) is 1. The van der Waals surface area contributed by atoms with Gasteiger partial charge in [-0.2, -0.15) is 0 Å². The van der Waals surface area contributed by atoms with E-state index in [2.05, 4.69) is 38.7 Å². The number of halogens is 2. The van der Waals surface area contributed by atoms with Gasteiger partial charge in [0.1, 0.15) is 0 Å². The Balaban J connectivity index is 1.95. The van der Waals surface area contributed by atoms with E-state index in [9.17, 15) is 0 Å². The monoisotopic (exact) mass is 316 g/mol. The van der Waals surface area contributed by atoms with E-state index in [1.165, 1.54) is 18.7 Å². The average Bonchev–Trinajstić information content (AvgIpc) is 2.35. The molecule has 94 valence electrons. The molecule has 0 spiro atoms. The van der Waals surface area contributed by atoms with Gasteiger partial charge in [0.05, 0.1) is 0 Å². The van der Waals surface area contributed by atoms with Gasteiger partial charge in [-0.25, -0.2) is 0 Å². The van der Waals surface area contributed by atoms with E-state index in [0.717, 1.165) is 35.7 Å². The van der Waals surface area contributed by atoms with Gasteiger partial charge in [0.2, 0.25) is 0 Å². The van der Waals surface area contributed by atoms with Crippen LogP contribution >= 0.6 is 27.5 Å². The molecule has 0 saturated carbocycles. The van der Waals surface area contributed by atoms with Gasteiger partial charge in [-0.15, -0.1) is 0 Å². The summed E-state index contributed by atoms with van der Waals surface area (Å²) in [5, 5.41) is 0.867. The van der Waals surface area contributed by atoms with E-state index in [0.29, 0.717) is 0 Å². The molecule has 0 aromatic heterocycles. The predicted molar refractivity (Wildman–Crippen MR) is 76.5 cm³/mol. The number of hydrogen-bond donors (Lipinski definition) is 0. The third-order valence-electron chi connectivity index (χ3n) is 3.31. The largest absolute Gasteiger partial charge is 0.301 e. The molecule has 0 unspecified atom stereocenters. The molecule has 4 heteroatoms. The maximum atomic E-state index is 6.21. The maximum Gasteiger partial charge on any atom is 0.0451 e. The summed E-state index contributed by atoms with van der Waals surface area (Å²) >= 11 is 9.71. The van der Waals surface area contributed by atoms with Gasteiger partial charge in [-0.1, -0.05) is 34.5 Å². The fourth-order valence-corrected chi connectivity index (χ4v) is 2.75. The summed E-state index contributed by atoms with van der Waals surface area (Å²) in [6.07, 6.45) is 0. The molecule has 1 aliphatic heterocycles. The second-order valence-corrected chi connectivity index (χ2v) is 5.77. The second kappa shape index (κ2) is 6.19. The van der Waals surface area contributed by atoms with Crippen molar-refractivity contribution in [3.63, 3.8) is 0 Å². The van der Waals surface area contributed by atoms with E-state index >= 15 is 0 Å². The Morgan fingerprint density at radius 3 is 2.47 bits per heavy atom. The van der Waals surface area contributed by atoms with Crippen LogP contribution in [-0.2, 0) is 6.54 Å². The third-order valence-corrected chi connectivity index (χ3v) is 4.18. The first kappa shape index (κ1) is 13.3. The number of benzene rings is 1. The lowest BCUT2D eigenvalue weighted by Crippen LogP contribution is -2.45. The lowest BCUT2D eigenvalue weighted by atomic mass is 10.2. The molecule has 17 heavy (non-hydrogen) atoms. The van der Waals surface area contributed by atoms with Gasteiger partial charge < -0.3 is 4.90 Å². The van der Waals surface area contributed by atoms with Crippen LogP contribution in [0.5, 0.6) is 0 Å². The zero-order valence-electron chi connectivity index (χ0n) is 10.1. The Kier molecular flexibility index (Phi) is 4.86. The zero-order valence-corrected chi connectivity index (χ0v) is 12.5. The van der Waals surface area contributed by atoms with Crippen molar-refractivity contribution in [3.05, 3.63) is 33.3 Å². The molecule has 0 aliphatic carbocycles. The van der Waals surface area contributed by atoms with E-state index in [1.54, 1.807) is 0 Å². The van der Waals surface area contributed by atoms with Gasteiger partial charge in [0, 0.05) is 42.2 Å². The molecule has 1 fully saturated rings. The van der Waals surface area contributed by atoms with Crippen molar-refractivity contribution in [1.29, 1.82) is 0 Å². The van der Waals surface area contributed by atoms with Gasteiger partial charge in [0.15, 0.2) is 0 Å². The predicted octanol–water partition coefficient (Wildman–Crippen LogP) is 3.24. The van der Waals surface area contributed by atoms with Crippen LogP contribution < -0.4 is 0 Å². The quantitative estimate of drug-likeness (QED) is 0.844. The number of piperazine rings is 1. The fourth-order valence-electron chi connectivity index (χ4n) is 2.17. The van der Waals surface area contributed by atoms with Crippen molar-refractivity contribution < 1.29 is 0 Å². The number of hydrogen-bond acceptors (Lipinski definition) is 2. The molecular weight excluding hydrogens is 300 g/mol. The molecule has 1 saturated heterocycles. The van der Waals surface area contributed by atoms with E-state index in [4.69, 9.17) is 11.6 Å². The smallest absolute Gasteiger partial charge is 0.0451 e. The standard InChI is InChI=1S/C13H18BrClN2/c1-2-16-5-7-17(8-6-16)10-11-9-12(14)3-4-13(11)15/h3-4,9H,2,5-8,10H2,1H3. The summed E-state index contributed by atoms with van der Waals surface area (Å²) in [5.74, 6) is 0. The molecule has 1 aromatic rings. The SMILES string of the molecule is CCN1CCN(Cc2cc(Br)ccc2Cl)CC1. The molecule has 1 aliphatic rings. The fraction of sp³-hybridized carbons (Fsp3) is 0.538. The van der Waals surface area contributed by atoms with Crippen molar-refractivity contribution in [2.24, 2.45) is 0 Å². The van der Waals surface area contributed by atoms with E-state index < -0.39 is 0 Å². The van der Waals surface area contributed by atoms with E-state index in [1.807, 2.05) is 12.1 Å². The maximum absolute atomic E-state index is 6.21. The molecule has 0 atom stereocenters. The van der Waals surface area contributed by atoms with Crippen LogP contribution in [0, 0.1) is 0 Å². The minimum Gasteiger partial charge on any atom is -0.301 e. The highest BCUT2D eigenvalue weighted by Gasteiger charge is 2.16. The number of nitrogens with zero attached hydrogens (tertiary/aromatic N) is 2. The minimum absolute atomic E-state index is 0.867. The highest BCUT2D eigenvalue weighted by molar-refractivity contribution is 9.10. The molecule has 2 nitrogen and oxygen atoms in total. The zero-order chi connectivity index (χ0) is 12.3. The van der Waals surface area contributed by atoms with Crippen molar-refractivity contribution in [3.8, 4) is 0 Å². The van der Waals surface area contributed by atoms with Crippen LogP contribution in [0.2, 0.25) is 5.02 Å². The van der Waals surface area contributed by atoms with Crippen LogP contribution in [0.1, 0.15) is 12.5 Å². The Morgan fingerprint density at radius 1 is 1.18 bits per heavy atom. The second-order valence-electron chi connectivity index (χ2n) is 4.45. The lowest BCUT2D eigenvalue weighted by molar-refractivity contribution is 0.132. The first-order valence-electron chi connectivity index (χ1n) is 6.07. The molecule has 1 aromatic carbocycles. The van der Waals surface area contributed by atoms with Crippen LogP contribution in [-0.4, -0.2) is 42.5 Å². The van der Waals surface area contributed by atoms with Crippen molar-refractivity contribution in [1.82, 2.24) is 9.80 Å². The first-order chi connectivity index (χ1) is 8.19. The highest BCUT2D eigenvalue weighted by atomic mass is 79.9. The normalized spacial score (nSPS) is 18.5. The molecule has 0 bridgehead atoms. The Labute approximate surface area is 117 Å². The van der Waals surface area contributed by atoms with Crippen LogP contribution in [0.15, 0.2) is 22.7 Å². The molecular formula is C13H18BrClN2. The van der Waals surface area contributed by atoms with Crippen LogP contribution in [0.25, 0.3) is 0 Å². The molecule has 1 heterocycles. The highest BCUT2D eigenvalue weighted by Crippen LogP contribution is 2.22. The summed E-state index contributed by atoms with van der Waals surface area (Å²) in [4.78, 5) is 4.96. The van der Waals surface area contributed by atoms with Crippen molar-refractivity contribution >= 4 is 27.5 Å². The molecule has 0 N–H and O–H groups in total. The first-order valence-corrected chi connectivity index (χ1v) is 7.24. The third kappa shape index (κ3) is 3.68. The Morgan fingerprint density at radius 2 is 1.82 bits per heavy atom. The number of rotatable bonds is 3. The molecule has 0 amide bonds. The van der Waals surface area contributed by atoms with E-state index in [-0.39, 0.29) is 0 Å². The van der Waals surface area contributed by atoms with Gasteiger partial charge in [-0.05, 0) is 30.3 Å². The summed E-state index contributed by atoms with van der Waals surface area (Å²) in [6, 6.07) is 6.07. The van der Waals surface area contributed by atoms with Gasteiger partial charge in [-0.3, -0.25) is 4.90 Å². The van der Waals surface area contributed by atoms with Crippen molar-refractivity contribution in [2.75, 3.05) is 32.7 Å². The lowest BCUT2D eigenvalue weighted by Gasteiger charge is -2.34. The summed E-state index contributed by atoms with van der Waals surface area (Å²) in [6.45, 7) is 8.94. The topological polar surface area (TPSA) is 6.48 Å². The van der Waals surface area contributed by atoms with Crippen LogP contribution in [0.4, 0.5) is 0 Å². The summed E-state index contributed by atoms with van der Waals surface area (Å²) < 4.78 is 1.10.